The molecule has 0 radical (unpaired) electrons. The van der Waals surface area contributed by atoms with Crippen LogP contribution >= 0.6 is 15.9 Å². The van der Waals surface area contributed by atoms with Gasteiger partial charge in [0.15, 0.2) is 0 Å². The number of aryl methyl sites for hydroxylation is 1. The van der Waals surface area contributed by atoms with Gasteiger partial charge >= 0.3 is 0 Å². The molecule has 16 heavy (non-hydrogen) atoms. The summed E-state index contributed by atoms with van der Waals surface area (Å²) >= 11 is 3.60. The first-order chi connectivity index (χ1) is 7.79. The molecule has 4 heteroatoms. The fraction of sp³-hybridized carbons (Fsp3) is 0.750. The molecule has 0 spiro atoms. The highest BCUT2D eigenvalue weighted by Gasteiger charge is 2.18. The van der Waals surface area contributed by atoms with Crippen LogP contribution in [0, 0.1) is 5.92 Å². The van der Waals surface area contributed by atoms with Crippen molar-refractivity contribution < 1.29 is 0 Å². The lowest BCUT2D eigenvalue weighted by atomic mass is 10.00. The van der Waals surface area contributed by atoms with Crippen LogP contribution in [0.5, 0.6) is 0 Å². The maximum atomic E-state index is 4.20. The molecule has 1 aliphatic heterocycles. The maximum Gasteiger partial charge on any atom is 0.0492 e. The lowest BCUT2D eigenvalue weighted by Crippen LogP contribution is -2.37. The third-order valence-corrected chi connectivity index (χ3v) is 4.34. The largest absolute Gasteiger partial charge is 0.303 e. The van der Waals surface area contributed by atoms with Crippen molar-refractivity contribution >= 4 is 15.9 Å². The van der Waals surface area contributed by atoms with E-state index in [1.54, 1.807) is 0 Å². The van der Waals surface area contributed by atoms with Crippen LogP contribution in [-0.2, 0) is 13.5 Å². The van der Waals surface area contributed by atoms with E-state index < -0.39 is 0 Å². The lowest BCUT2D eigenvalue weighted by molar-refractivity contribution is 0.188. The minimum atomic E-state index is 0.847. The van der Waals surface area contributed by atoms with Gasteiger partial charge in [-0.15, -0.1) is 0 Å². The van der Waals surface area contributed by atoms with Gasteiger partial charge in [-0.3, -0.25) is 4.68 Å². The number of rotatable bonds is 4. The highest BCUT2D eigenvalue weighted by Crippen LogP contribution is 2.18. The SMILES string of the molecule is Cn1nccc1CCN1CCCC(CBr)C1. The summed E-state index contributed by atoms with van der Waals surface area (Å²) in [6.07, 6.45) is 5.73. The zero-order valence-electron chi connectivity index (χ0n) is 9.90. The van der Waals surface area contributed by atoms with Crippen molar-refractivity contribution in [3.05, 3.63) is 18.0 Å². The highest BCUT2D eigenvalue weighted by atomic mass is 79.9. The van der Waals surface area contributed by atoms with Crippen molar-refractivity contribution in [2.24, 2.45) is 13.0 Å². The van der Waals surface area contributed by atoms with Crippen molar-refractivity contribution in [2.75, 3.05) is 25.0 Å². The molecule has 1 fully saturated rings. The van der Waals surface area contributed by atoms with Gasteiger partial charge in [-0.05, 0) is 31.4 Å². The van der Waals surface area contributed by atoms with Crippen molar-refractivity contribution in [1.29, 1.82) is 0 Å². The van der Waals surface area contributed by atoms with E-state index in [2.05, 4.69) is 32.0 Å². The minimum absolute atomic E-state index is 0.847. The third-order valence-electron chi connectivity index (χ3n) is 3.43. The molecule has 2 heterocycles. The Morgan fingerprint density at radius 2 is 2.44 bits per heavy atom. The smallest absolute Gasteiger partial charge is 0.0492 e. The topological polar surface area (TPSA) is 21.1 Å². The van der Waals surface area contributed by atoms with Crippen LogP contribution in [0.15, 0.2) is 12.3 Å². The lowest BCUT2D eigenvalue weighted by Gasteiger charge is -2.31. The first-order valence-electron chi connectivity index (χ1n) is 6.05. The second-order valence-electron chi connectivity index (χ2n) is 4.66. The average Bonchev–Trinajstić information content (AvgIpc) is 2.72. The molecule has 1 aromatic rings. The fourth-order valence-electron chi connectivity index (χ4n) is 2.40. The number of piperidine rings is 1. The Morgan fingerprint density at radius 3 is 3.12 bits per heavy atom. The van der Waals surface area contributed by atoms with Crippen LogP contribution in [0.2, 0.25) is 0 Å². The highest BCUT2D eigenvalue weighted by molar-refractivity contribution is 9.09. The summed E-state index contributed by atoms with van der Waals surface area (Å²) in [5.74, 6) is 0.847. The van der Waals surface area contributed by atoms with Gasteiger partial charge < -0.3 is 4.90 Å². The standard InChI is InChI=1S/C12H20BrN3/c1-15-12(4-6-14-15)5-8-16-7-2-3-11(9-13)10-16/h4,6,11H,2-3,5,7-10H2,1H3. The molecule has 0 saturated carbocycles. The van der Waals surface area contributed by atoms with E-state index in [4.69, 9.17) is 0 Å². The Bertz CT molecular complexity index is 324. The summed E-state index contributed by atoms with van der Waals surface area (Å²) in [4.78, 5) is 2.59. The Balaban J connectivity index is 1.79. The van der Waals surface area contributed by atoms with Gasteiger partial charge in [0.25, 0.3) is 0 Å². The van der Waals surface area contributed by atoms with E-state index in [-0.39, 0.29) is 0 Å². The van der Waals surface area contributed by atoms with Gasteiger partial charge in [0.05, 0.1) is 0 Å². The van der Waals surface area contributed by atoms with E-state index in [0.29, 0.717) is 0 Å². The fourth-order valence-corrected chi connectivity index (χ4v) is 2.93. The van der Waals surface area contributed by atoms with Crippen LogP contribution in [0.4, 0.5) is 0 Å². The Morgan fingerprint density at radius 1 is 1.56 bits per heavy atom. The van der Waals surface area contributed by atoms with Crippen LogP contribution < -0.4 is 0 Å². The second-order valence-corrected chi connectivity index (χ2v) is 5.31. The Kier molecular flexibility index (Phi) is 4.41. The summed E-state index contributed by atoms with van der Waals surface area (Å²) in [7, 11) is 2.02. The molecule has 0 amide bonds. The first-order valence-corrected chi connectivity index (χ1v) is 7.17. The van der Waals surface area contributed by atoms with Crippen molar-refractivity contribution in [1.82, 2.24) is 14.7 Å². The molecule has 0 bridgehead atoms. The second kappa shape index (κ2) is 5.82. The zero-order valence-corrected chi connectivity index (χ0v) is 11.5. The Labute approximate surface area is 106 Å². The molecule has 1 saturated heterocycles. The number of nitrogens with zero attached hydrogens (tertiary/aromatic N) is 3. The average molecular weight is 286 g/mol. The molecule has 0 N–H and O–H groups in total. The molecule has 90 valence electrons. The van der Waals surface area contributed by atoms with Crippen molar-refractivity contribution in [3.8, 4) is 0 Å². The molecule has 3 nitrogen and oxygen atoms in total. The normalized spacial score (nSPS) is 22.5. The molecular formula is C12H20BrN3. The summed E-state index contributed by atoms with van der Waals surface area (Å²) in [6.45, 7) is 3.69. The van der Waals surface area contributed by atoms with Crippen molar-refractivity contribution in [3.63, 3.8) is 0 Å². The molecule has 1 unspecified atom stereocenters. The van der Waals surface area contributed by atoms with Crippen molar-refractivity contribution in [2.45, 2.75) is 19.3 Å². The van der Waals surface area contributed by atoms with E-state index >= 15 is 0 Å². The molecule has 0 aliphatic carbocycles. The predicted molar refractivity (Wildman–Crippen MR) is 69.9 cm³/mol. The third kappa shape index (κ3) is 3.08. The molecule has 1 atom stereocenters. The first kappa shape index (κ1) is 12.1. The molecule has 1 aliphatic rings. The van der Waals surface area contributed by atoms with Gasteiger partial charge in [0.1, 0.15) is 0 Å². The van der Waals surface area contributed by atoms with E-state index in [1.165, 1.54) is 38.2 Å². The predicted octanol–water partition coefficient (Wildman–Crippen LogP) is 2.07. The quantitative estimate of drug-likeness (QED) is 0.790. The van der Waals surface area contributed by atoms with Crippen LogP contribution in [0.25, 0.3) is 0 Å². The molecular weight excluding hydrogens is 266 g/mol. The summed E-state index contributed by atoms with van der Waals surface area (Å²) in [5, 5.41) is 5.35. The monoisotopic (exact) mass is 285 g/mol. The number of halogens is 1. The van der Waals surface area contributed by atoms with Gasteiger partial charge in [0.2, 0.25) is 0 Å². The maximum absolute atomic E-state index is 4.20. The molecule has 0 aromatic carbocycles. The van der Waals surface area contributed by atoms with E-state index in [0.717, 1.165) is 17.7 Å². The van der Waals surface area contributed by atoms with Gasteiger partial charge in [0, 0.05) is 43.8 Å². The minimum Gasteiger partial charge on any atom is -0.303 e. The number of hydrogen-bond donors (Lipinski definition) is 0. The Hall–Kier alpha value is -0.350. The number of hydrogen-bond acceptors (Lipinski definition) is 2. The van der Waals surface area contributed by atoms with Gasteiger partial charge in [-0.2, -0.15) is 5.10 Å². The van der Waals surface area contributed by atoms with E-state index in [1.807, 2.05) is 17.9 Å². The molecule has 2 rings (SSSR count). The zero-order chi connectivity index (χ0) is 11.4. The van der Waals surface area contributed by atoms with Crippen LogP contribution in [0.1, 0.15) is 18.5 Å². The summed E-state index contributed by atoms with van der Waals surface area (Å²) in [5.41, 5.74) is 1.33. The summed E-state index contributed by atoms with van der Waals surface area (Å²) in [6, 6.07) is 2.12. The number of alkyl halides is 1. The van der Waals surface area contributed by atoms with E-state index in [9.17, 15) is 0 Å². The summed E-state index contributed by atoms with van der Waals surface area (Å²) < 4.78 is 1.98. The van der Waals surface area contributed by atoms with Gasteiger partial charge in [-0.25, -0.2) is 0 Å². The van der Waals surface area contributed by atoms with Gasteiger partial charge in [-0.1, -0.05) is 15.9 Å². The number of aromatic nitrogens is 2. The number of likely N-dealkylation sites (tertiary alicyclic amines) is 1. The molecule has 1 aromatic heterocycles. The van der Waals surface area contributed by atoms with Crippen LogP contribution in [-0.4, -0.2) is 39.6 Å². The van der Waals surface area contributed by atoms with Crippen LogP contribution in [0.3, 0.4) is 0 Å².